The average molecular weight is 282 g/mol. The Morgan fingerprint density at radius 3 is 2.25 bits per heavy atom. The highest BCUT2D eigenvalue weighted by molar-refractivity contribution is 5.58. The molecular weight excluding hydrogens is 259 g/mol. The lowest BCUT2D eigenvalue weighted by Crippen LogP contribution is -2.27. The van der Waals surface area contributed by atoms with Crippen LogP contribution in [0.4, 0.5) is 10.1 Å². The van der Waals surface area contributed by atoms with E-state index in [1.165, 1.54) is 6.07 Å². The van der Waals surface area contributed by atoms with Gasteiger partial charge in [0.05, 0.1) is 0 Å². The Bertz CT molecular complexity index is 467. The SMILES string of the molecule is COC1CN(c2cc(C)c(F)cc2[C@H](C)N)CC1OC. The summed E-state index contributed by atoms with van der Waals surface area (Å²) in [5.74, 6) is -0.216. The third kappa shape index (κ3) is 2.80. The van der Waals surface area contributed by atoms with E-state index < -0.39 is 0 Å². The van der Waals surface area contributed by atoms with Crippen molar-refractivity contribution in [2.45, 2.75) is 32.1 Å². The van der Waals surface area contributed by atoms with Gasteiger partial charge in [0.2, 0.25) is 0 Å². The van der Waals surface area contributed by atoms with Crippen molar-refractivity contribution in [2.24, 2.45) is 5.73 Å². The number of aryl methyl sites for hydroxylation is 1. The Morgan fingerprint density at radius 1 is 1.25 bits per heavy atom. The quantitative estimate of drug-likeness (QED) is 0.917. The fourth-order valence-electron chi connectivity index (χ4n) is 2.71. The van der Waals surface area contributed by atoms with Crippen molar-refractivity contribution in [3.8, 4) is 0 Å². The van der Waals surface area contributed by atoms with Crippen molar-refractivity contribution in [1.82, 2.24) is 0 Å². The van der Waals surface area contributed by atoms with Gasteiger partial charge in [-0.15, -0.1) is 0 Å². The lowest BCUT2D eigenvalue weighted by atomic mass is 10.0. The number of nitrogens with two attached hydrogens (primary N) is 1. The molecule has 0 aliphatic carbocycles. The largest absolute Gasteiger partial charge is 0.377 e. The maximum absolute atomic E-state index is 13.8. The van der Waals surface area contributed by atoms with E-state index in [9.17, 15) is 4.39 Å². The summed E-state index contributed by atoms with van der Waals surface area (Å²) in [5.41, 5.74) is 8.40. The molecule has 1 fully saturated rings. The Hall–Kier alpha value is -1.17. The molecule has 1 aromatic rings. The second-order valence-corrected chi connectivity index (χ2v) is 5.40. The molecule has 4 nitrogen and oxygen atoms in total. The monoisotopic (exact) mass is 282 g/mol. The summed E-state index contributed by atoms with van der Waals surface area (Å²) in [4.78, 5) is 2.16. The van der Waals surface area contributed by atoms with Gasteiger partial charge in [0, 0.05) is 39.0 Å². The van der Waals surface area contributed by atoms with Gasteiger partial charge < -0.3 is 20.1 Å². The zero-order valence-corrected chi connectivity index (χ0v) is 12.5. The second kappa shape index (κ2) is 6.08. The Kier molecular flexibility index (Phi) is 4.62. The first kappa shape index (κ1) is 15.2. The number of halogens is 1. The molecule has 1 saturated heterocycles. The van der Waals surface area contributed by atoms with E-state index in [1.54, 1.807) is 21.1 Å². The summed E-state index contributed by atoms with van der Waals surface area (Å²) in [6.07, 6.45) is 0.0394. The first-order valence-electron chi connectivity index (χ1n) is 6.84. The molecule has 1 aromatic carbocycles. The van der Waals surface area contributed by atoms with E-state index in [1.807, 2.05) is 13.0 Å². The van der Waals surface area contributed by atoms with Crippen LogP contribution in [0.1, 0.15) is 24.1 Å². The topological polar surface area (TPSA) is 47.7 Å². The molecule has 0 radical (unpaired) electrons. The van der Waals surface area contributed by atoms with E-state index in [4.69, 9.17) is 15.2 Å². The smallest absolute Gasteiger partial charge is 0.126 e. The molecule has 2 unspecified atom stereocenters. The molecule has 2 N–H and O–H groups in total. The van der Waals surface area contributed by atoms with Crippen molar-refractivity contribution < 1.29 is 13.9 Å². The summed E-state index contributed by atoms with van der Waals surface area (Å²) in [5, 5.41) is 0. The van der Waals surface area contributed by atoms with Gasteiger partial charge in [-0.2, -0.15) is 0 Å². The van der Waals surface area contributed by atoms with Gasteiger partial charge in [-0.05, 0) is 37.1 Å². The highest BCUT2D eigenvalue weighted by atomic mass is 19.1. The minimum absolute atomic E-state index is 0.0197. The molecule has 5 heteroatoms. The minimum Gasteiger partial charge on any atom is -0.377 e. The molecule has 1 aliphatic heterocycles. The Morgan fingerprint density at radius 2 is 1.80 bits per heavy atom. The van der Waals surface area contributed by atoms with Gasteiger partial charge in [-0.25, -0.2) is 4.39 Å². The number of nitrogens with zero attached hydrogens (tertiary/aromatic N) is 1. The Balaban J connectivity index is 2.35. The number of anilines is 1. The summed E-state index contributed by atoms with van der Waals surface area (Å²) < 4.78 is 24.7. The molecule has 0 saturated carbocycles. The molecule has 1 heterocycles. The van der Waals surface area contributed by atoms with E-state index in [2.05, 4.69) is 4.90 Å². The summed E-state index contributed by atoms with van der Waals surface area (Å²) >= 11 is 0. The summed E-state index contributed by atoms with van der Waals surface area (Å²) in [6.45, 7) is 5.08. The number of benzene rings is 1. The number of rotatable bonds is 4. The molecule has 0 bridgehead atoms. The van der Waals surface area contributed by atoms with Crippen LogP contribution in [0.3, 0.4) is 0 Å². The van der Waals surface area contributed by atoms with Crippen LogP contribution >= 0.6 is 0 Å². The van der Waals surface area contributed by atoms with Gasteiger partial charge in [0.1, 0.15) is 18.0 Å². The van der Waals surface area contributed by atoms with Crippen molar-refractivity contribution >= 4 is 5.69 Å². The van der Waals surface area contributed by atoms with Gasteiger partial charge in [-0.1, -0.05) is 0 Å². The van der Waals surface area contributed by atoms with Crippen LogP contribution in [0.15, 0.2) is 12.1 Å². The van der Waals surface area contributed by atoms with Crippen LogP contribution in [0.25, 0.3) is 0 Å². The molecule has 0 spiro atoms. The lowest BCUT2D eigenvalue weighted by molar-refractivity contribution is -0.00461. The molecule has 1 aliphatic rings. The van der Waals surface area contributed by atoms with Gasteiger partial charge in [-0.3, -0.25) is 0 Å². The number of hydrogen-bond acceptors (Lipinski definition) is 4. The highest BCUT2D eigenvalue weighted by Crippen LogP contribution is 2.31. The van der Waals surface area contributed by atoms with Crippen LogP contribution < -0.4 is 10.6 Å². The third-order valence-electron chi connectivity index (χ3n) is 3.96. The van der Waals surface area contributed by atoms with E-state index in [0.717, 1.165) is 24.3 Å². The first-order valence-corrected chi connectivity index (χ1v) is 6.84. The van der Waals surface area contributed by atoms with Crippen molar-refractivity contribution in [2.75, 3.05) is 32.2 Å². The van der Waals surface area contributed by atoms with Gasteiger partial charge in [0.15, 0.2) is 0 Å². The molecule has 112 valence electrons. The second-order valence-electron chi connectivity index (χ2n) is 5.40. The summed E-state index contributed by atoms with van der Waals surface area (Å²) in [6, 6.07) is 3.18. The third-order valence-corrected chi connectivity index (χ3v) is 3.96. The number of methoxy groups -OCH3 is 2. The van der Waals surface area contributed by atoms with E-state index >= 15 is 0 Å². The number of ether oxygens (including phenoxy) is 2. The maximum atomic E-state index is 13.8. The standard InChI is InChI=1S/C15H23FN2O2/c1-9-5-13(11(10(2)17)6-12(9)16)18-7-14(19-3)15(8-18)20-4/h5-6,10,14-15H,7-8,17H2,1-4H3/t10-,14?,15?/m0/s1. The molecule has 0 aromatic heterocycles. The van der Waals surface area contributed by atoms with Crippen LogP contribution in [0, 0.1) is 12.7 Å². The van der Waals surface area contributed by atoms with Crippen LogP contribution in [-0.2, 0) is 9.47 Å². The highest BCUT2D eigenvalue weighted by Gasteiger charge is 2.34. The van der Waals surface area contributed by atoms with Crippen LogP contribution in [0.2, 0.25) is 0 Å². The fraction of sp³-hybridized carbons (Fsp3) is 0.600. The zero-order valence-electron chi connectivity index (χ0n) is 12.5. The van der Waals surface area contributed by atoms with Gasteiger partial charge >= 0.3 is 0 Å². The Labute approximate surface area is 119 Å². The predicted molar refractivity (Wildman–Crippen MR) is 77.5 cm³/mol. The van der Waals surface area contributed by atoms with Crippen molar-refractivity contribution in [3.05, 3.63) is 29.1 Å². The van der Waals surface area contributed by atoms with E-state index in [-0.39, 0.29) is 24.1 Å². The van der Waals surface area contributed by atoms with Crippen molar-refractivity contribution in [1.29, 1.82) is 0 Å². The average Bonchev–Trinajstić information content (AvgIpc) is 2.84. The first-order chi connectivity index (χ1) is 9.47. The lowest BCUT2D eigenvalue weighted by Gasteiger charge is -2.24. The normalized spacial score (nSPS) is 24.2. The number of hydrogen-bond donors (Lipinski definition) is 1. The molecule has 20 heavy (non-hydrogen) atoms. The van der Waals surface area contributed by atoms with Crippen LogP contribution in [0.5, 0.6) is 0 Å². The predicted octanol–water partition coefficient (Wildman–Crippen LogP) is 2.00. The van der Waals surface area contributed by atoms with E-state index in [0.29, 0.717) is 5.56 Å². The van der Waals surface area contributed by atoms with Crippen LogP contribution in [-0.4, -0.2) is 39.5 Å². The molecule has 0 amide bonds. The summed E-state index contributed by atoms with van der Waals surface area (Å²) in [7, 11) is 3.37. The minimum atomic E-state index is -0.220. The van der Waals surface area contributed by atoms with Crippen molar-refractivity contribution in [3.63, 3.8) is 0 Å². The zero-order chi connectivity index (χ0) is 14.9. The van der Waals surface area contributed by atoms with Gasteiger partial charge in [0.25, 0.3) is 0 Å². The molecular formula is C15H23FN2O2. The fourth-order valence-corrected chi connectivity index (χ4v) is 2.71. The molecule has 3 atom stereocenters. The maximum Gasteiger partial charge on any atom is 0.126 e. The molecule has 2 rings (SSSR count).